The zero-order valence-electron chi connectivity index (χ0n) is 16.7. The van der Waals surface area contributed by atoms with Gasteiger partial charge in [0.05, 0.1) is 12.5 Å². The number of rotatable bonds is 8. The molecular formula is C24H24N2O4. The molecule has 2 aliphatic rings. The second-order valence-electron chi connectivity index (χ2n) is 7.65. The van der Waals surface area contributed by atoms with Crippen molar-refractivity contribution < 1.29 is 19.1 Å². The summed E-state index contributed by atoms with van der Waals surface area (Å²) in [7, 11) is 0. The van der Waals surface area contributed by atoms with Gasteiger partial charge in [0.1, 0.15) is 0 Å². The Bertz CT molecular complexity index is 947. The van der Waals surface area contributed by atoms with Crippen LogP contribution in [0.3, 0.4) is 0 Å². The smallest absolute Gasteiger partial charge is 0.308 e. The molecule has 0 radical (unpaired) electrons. The summed E-state index contributed by atoms with van der Waals surface area (Å²) < 4.78 is 5.13. The quantitative estimate of drug-likeness (QED) is 0.685. The van der Waals surface area contributed by atoms with Crippen molar-refractivity contribution in [1.29, 1.82) is 0 Å². The standard InChI is InChI=1S/C24H24N2O4/c1-16-19-9-5-6-10-20(19)24(29)26(16)14-13-22(28)30-15-21(27)25-23(18-11-12-18)17-7-3-2-4-8-17/h2-10,18,23H,1,11-15H2,(H,25,27). The lowest BCUT2D eigenvalue weighted by molar-refractivity contribution is -0.148. The van der Waals surface area contributed by atoms with Crippen molar-refractivity contribution in [3.05, 3.63) is 77.9 Å². The number of amides is 2. The lowest BCUT2D eigenvalue weighted by Crippen LogP contribution is -2.34. The summed E-state index contributed by atoms with van der Waals surface area (Å²) in [6, 6.07) is 17.0. The number of hydrogen-bond donors (Lipinski definition) is 1. The maximum absolute atomic E-state index is 12.5. The van der Waals surface area contributed by atoms with Crippen LogP contribution < -0.4 is 5.32 Å². The molecule has 1 N–H and O–H groups in total. The van der Waals surface area contributed by atoms with Gasteiger partial charge >= 0.3 is 5.97 Å². The highest BCUT2D eigenvalue weighted by Crippen LogP contribution is 2.40. The van der Waals surface area contributed by atoms with Crippen LogP contribution in [0.1, 0.15) is 46.8 Å². The minimum atomic E-state index is -0.524. The van der Waals surface area contributed by atoms with Crippen molar-refractivity contribution in [3.63, 3.8) is 0 Å². The van der Waals surface area contributed by atoms with E-state index < -0.39 is 5.97 Å². The second kappa shape index (κ2) is 8.53. The molecule has 1 unspecified atom stereocenters. The van der Waals surface area contributed by atoms with Gasteiger partial charge in [-0.2, -0.15) is 0 Å². The Morgan fingerprint density at radius 1 is 1.07 bits per heavy atom. The van der Waals surface area contributed by atoms with Gasteiger partial charge in [-0.25, -0.2) is 0 Å². The average molecular weight is 404 g/mol. The topological polar surface area (TPSA) is 75.7 Å². The molecule has 0 spiro atoms. The van der Waals surface area contributed by atoms with Crippen LogP contribution in [0.15, 0.2) is 61.2 Å². The van der Waals surface area contributed by atoms with Crippen LogP contribution in [0.25, 0.3) is 5.70 Å². The first kappa shape index (κ1) is 19.9. The van der Waals surface area contributed by atoms with E-state index in [0.29, 0.717) is 17.2 Å². The molecule has 6 nitrogen and oxygen atoms in total. The van der Waals surface area contributed by atoms with Crippen molar-refractivity contribution in [2.75, 3.05) is 13.2 Å². The van der Waals surface area contributed by atoms with Crippen LogP contribution >= 0.6 is 0 Å². The van der Waals surface area contributed by atoms with Gasteiger partial charge in [0.15, 0.2) is 6.61 Å². The van der Waals surface area contributed by atoms with Crippen molar-refractivity contribution in [2.45, 2.75) is 25.3 Å². The van der Waals surface area contributed by atoms with Gasteiger partial charge in [0.25, 0.3) is 11.8 Å². The average Bonchev–Trinajstić information content (AvgIpc) is 3.58. The second-order valence-corrected chi connectivity index (χ2v) is 7.65. The van der Waals surface area contributed by atoms with E-state index in [0.717, 1.165) is 24.0 Å². The molecule has 1 heterocycles. The lowest BCUT2D eigenvalue weighted by atomic mass is 10.0. The largest absolute Gasteiger partial charge is 0.456 e. The Kier molecular flexibility index (Phi) is 5.65. The Morgan fingerprint density at radius 3 is 2.40 bits per heavy atom. The van der Waals surface area contributed by atoms with E-state index in [1.54, 1.807) is 12.1 Å². The maximum atomic E-state index is 12.5. The number of ether oxygens (including phenoxy) is 1. The zero-order chi connectivity index (χ0) is 21.1. The van der Waals surface area contributed by atoms with E-state index in [9.17, 15) is 14.4 Å². The predicted octanol–water partition coefficient (Wildman–Crippen LogP) is 3.31. The Balaban J connectivity index is 1.25. The highest BCUT2D eigenvalue weighted by atomic mass is 16.5. The number of fused-ring (bicyclic) bond motifs is 1. The fraction of sp³-hybridized carbons (Fsp3) is 0.292. The number of carbonyl (C=O) groups is 3. The van der Waals surface area contributed by atoms with Gasteiger partial charge < -0.3 is 15.0 Å². The molecule has 154 valence electrons. The molecule has 0 bridgehead atoms. The summed E-state index contributed by atoms with van der Waals surface area (Å²) in [5.41, 5.74) is 3.01. The van der Waals surface area contributed by atoms with Gasteiger partial charge in [-0.05, 0) is 30.4 Å². The highest BCUT2D eigenvalue weighted by Gasteiger charge is 2.34. The molecule has 2 amide bonds. The van der Waals surface area contributed by atoms with Crippen molar-refractivity contribution >= 4 is 23.5 Å². The van der Waals surface area contributed by atoms with Crippen molar-refractivity contribution in [1.82, 2.24) is 10.2 Å². The number of benzene rings is 2. The summed E-state index contributed by atoms with van der Waals surface area (Å²) in [6.45, 7) is 3.79. The number of carbonyl (C=O) groups excluding carboxylic acids is 3. The fourth-order valence-electron chi connectivity index (χ4n) is 3.77. The van der Waals surface area contributed by atoms with Crippen LogP contribution in [-0.4, -0.2) is 35.8 Å². The Morgan fingerprint density at radius 2 is 1.73 bits per heavy atom. The predicted molar refractivity (Wildman–Crippen MR) is 112 cm³/mol. The highest BCUT2D eigenvalue weighted by molar-refractivity contribution is 6.08. The summed E-state index contributed by atoms with van der Waals surface area (Å²) in [5, 5.41) is 2.98. The molecule has 1 aliphatic heterocycles. The SMILES string of the molecule is C=C1c2ccccc2C(=O)N1CCC(=O)OCC(=O)NC(c1ccccc1)C1CC1. The third-order valence-electron chi connectivity index (χ3n) is 5.51. The van der Waals surface area contributed by atoms with E-state index >= 15 is 0 Å². The van der Waals surface area contributed by atoms with Crippen molar-refractivity contribution in [3.8, 4) is 0 Å². The summed E-state index contributed by atoms with van der Waals surface area (Å²) >= 11 is 0. The van der Waals surface area contributed by atoms with Gasteiger partial charge in [-0.3, -0.25) is 14.4 Å². The number of nitrogens with one attached hydrogen (secondary N) is 1. The first-order valence-electron chi connectivity index (χ1n) is 10.1. The first-order chi connectivity index (χ1) is 14.5. The lowest BCUT2D eigenvalue weighted by Gasteiger charge is -2.19. The van der Waals surface area contributed by atoms with E-state index in [2.05, 4.69) is 11.9 Å². The third-order valence-corrected chi connectivity index (χ3v) is 5.51. The molecule has 1 aliphatic carbocycles. The zero-order valence-corrected chi connectivity index (χ0v) is 16.7. The van der Waals surface area contributed by atoms with E-state index in [1.807, 2.05) is 42.5 Å². The molecule has 1 fully saturated rings. The van der Waals surface area contributed by atoms with E-state index in [4.69, 9.17) is 4.74 Å². The van der Waals surface area contributed by atoms with Crippen LogP contribution in [-0.2, 0) is 14.3 Å². The molecule has 1 saturated carbocycles. The van der Waals surface area contributed by atoms with Crippen LogP contribution in [0, 0.1) is 5.92 Å². The van der Waals surface area contributed by atoms with Gasteiger partial charge in [-0.1, -0.05) is 55.1 Å². The van der Waals surface area contributed by atoms with E-state index in [1.165, 1.54) is 4.90 Å². The normalized spacial score (nSPS) is 16.2. The first-order valence-corrected chi connectivity index (χ1v) is 10.1. The van der Waals surface area contributed by atoms with E-state index in [-0.39, 0.29) is 37.4 Å². The summed E-state index contributed by atoms with van der Waals surface area (Å²) in [4.78, 5) is 38.4. The minimum Gasteiger partial charge on any atom is -0.456 e. The van der Waals surface area contributed by atoms with Crippen molar-refractivity contribution in [2.24, 2.45) is 5.92 Å². The molecule has 4 rings (SSSR count). The monoisotopic (exact) mass is 404 g/mol. The molecule has 0 aromatic heterocycles. The fourth-order valence-corrected chi connectivity index (χ4v) is 3.77. The van der Waals surface area contributed by atoms with Gasteiger partial charge in [0.2, 0.25) is 0 Å². The number of nitrogens with zero attached hydrogens (tertiary/aromatic N) is 1. The molecule has 2 aromatic carbocycles. The number of esters is 1. The summed E-state index contributed by atoms with van der Waals surface area (Å²) in [5.74, 6) is -0.584. The molecule has 2 aromatic rings. The van der Waals surface area contributed by atoms with Gasteiger partial charge in [-0.15, -0.1) is 0 Å². The third kappa shape index (κ3) is 4.27. The van der Waals surface area contributed by atoms with Crippen LogP contribution in [0.2, 0.25) is 0 Å². The maximum Gasteiger partial charge on any atom is 0.308 e. The molecule has 30 heavy (non-hydrogen) atoms. The minimum absolute atomic E-state index is 0.00321. The number of hydrogen-bond acceptors (Lipinski definition) is 4. The van der Waals surface area contributed by atoms with Crippen LogP contribution in [0.5, 0.6) is 0 Å². The van der Waals surface area contributed by atoms with Crippen LogP contribution in [0.4, 0.5) is 0 Å². The molecule has 0 saturated heterocycles. The molecule has 1 atom stereocenters. The molecular weight excluding hydrogens is 380 g/mol. The summed E-state index contributed by atoms with van der Waals surface area (Å²) in [6.07, 6.45) is 2.16. The van der Waals surface area contributed by atoms with Gasteiger partial charge in [0, 0.05) is 23.4 Å². The Labute approximate surface area is 175 Å². The molecule has 6 heteroatoms. The Hall–Kier alpha value is -3.41.